The zero-order chi connectivity index (χ0) is 44.5. The quantitative estimate of drug-likeness (QED) is 0.0397. The minimum Gasteiger partial charge on any atom is -0.462 e. The fourth-order valence-electron chi connectivity index (χ4n) is 7.87. The number of rotatable bonds is 17. The second-order valence-corrected chi connectivity index (χ2v) is 16.9. The van der Waals surface area contributed by atoms with Crippen LogP contribution in [0.4, 0.5) is 17.1 Å². The van der Waals surface area contributed by atoms with Gasteiger partial charge in [0, 0.05) is 34.1 Å². The van der Waals surface area contributed by atoms with Gasteiger partial charge in [-0.2, -0.15) is 0 Å². The van der Waals surface area contributed by atoms with Gasteiger partial charge in [0.05, 0.1) is 13.2 Å². The lowest BCUT2D eigenvalue weighted by Gasteiger charge is -2.28. The maximum atomic E-state index is 11.8. The minimum atomic E-state index is -0.340. The van der Waals surface area contributed by atoms with E-state index in [9.17, 15) is 9.59 Å². The van der Waals surface area contributed by atoms with Crippen molar-refractivity contribution < 1.29 is 19.1 Å². The van der Waals surface area contributed by atoms with Crippen LogP contribution in [0.2, 0.25) is 0 Å². The highest BCUT2D eigenvalue weighted by Gasteiger charge is 2.21. The summed E-state index contributed by atoms with van der Waals surface area (Å²) in [6, 6.07) is 44.8. The fraction of sp³-hybridized carbons (Fsp3) is 0.263. The Hall–Kier alpha value is -6.46. The molecule has 0 amide bonds. The van der Waals surface area contributed by atoms with Gasteiger partial charge in [-0.15, -0.1) is 0 Å². The Kier molecular flexibility index (Phi) is 14.8. The molecule has 6 aromatic rings. The standard InChI is InChI=1S/C57H61NO4/c1-37(2)56(59)61-31-11-13-45-17-22-47(23-18-45)55(50-21-15-39(5)41(7)33-50)53-29-24-48(34-43(53)9)49-25-30-54(44(10)35-49)58(52-26-16-40(6)42(8)36-52)51-27-19-46(20-28-51)14-12-32-62-57(60)38(3)4/h15-30,33-36,55H,1,3,11-14,31-32H2,2,4-10H3. The van der Waals surface area contributed by atoms with Crippen LogP contribution in [-0.4, -0.2) is 25.2 Å². The third-order valence-corrected chi connectivity index (χ3v) is 11.9. The smallest absolute Gasteiger partial charge is 0.333 e. The first-order valence-electron chi connectivity index (χ1n) is 21.7. The summed E-state index contributed by atoms with van der Waals surface area (Å²) in [7, 11) is 0. The molecular weight excluding hydrogens is 763 g/mol. The summed E-state index contributed by atoms with van der Waals surface area (Å²) in [6.45, 7) is 24.5. The molecule has 5 nitrogen and oxygen atoms in total. The van der Waals surface area contributed by atoms with E-state index in [0.29, 0.717) is 24.4 Å². The molecule has 0 fully saturated rings. The maximum absolute atomic E-state index is 11.8. The van der Waals surface area contributed by atoms with Crippen LogP contribution in [0.15, 0.2) is 146 Å². The Morgan fingerprint density at radius 3 is 1.50 bits per heavy atom. The molecule has 0 aliphatic rings. The van der Waals surface area contributed by atoms with Crippen molar-refractivity contribution in [3.8, 4) is 11.1 Å². The Morgan fingerprint density at radius 1 is 0.500 bits per heavy atom. The number of esters is 2. The highest BCUT2D eigenvalue weighted by molar-refractivity contribution is 5.87. The number of nitrogens with zero attached hydrogens (tertiary/aromatic N) is 1. The van der Waals surface area contributed by atoms with Crippen LogP contribution in [0, 0.1) is 41.5 Å². The lowest BCUT2D eigenvalue weighted by atomic mass is 9.81. The lowest BCUT2D eigenvalue weighted by molar-refractivity contribution is -0.139. The van der Waals surface area contributed by atoms with Crippen LogP contribution in [0.5, 0.6) is 0 Å². The highest BCUT2D eigenvalue weighted by atomic mass is 16.5. The summed E-state index contributed by atoms with van der Waals surface area (Å²) >= 11 is 0. The number of ether oxygens (including phenoxy) is 2. The van der Waals surface area contributed by atoms with Gasteiger partial charge in [0.15, 0.2) is 0 Å². The van der Waals surface area contributed by atoms with Gasteiger partial charge in [-0.05, 0) is 190 Å². The molecule has 0 N–H and O–H groups in total. The molecule has 0 aliphatic carbocycles. The topological polar surface area (TPSA) is 55.8 Å². The number of hydrogen-bond donors (Lipinski definition) is 0. The number of hydrogen-bond acceptors (Lipinski definition) is 5. The van der Waals surface area contributed by atoms with Crippen LogP contribution in [0.1, 0.15) is 93.8 Å². The molecule has 0 aliphatic heterocycles. The van der Waals surface area contributed by atoms with Crippen molar-refractivity contribution in [3.63, 3.8) is 0 Å². The molecule has 6 rings (SSSR count). The highest BCUT2D eigenvalue weighted by Crippen LogP contribution is 2.40. The summed E-state index contributed by atoms with van der Waals surface area (Å²) in [5.41, 5.74) is 20.2. The monoisotopic (exact) mass is 823 g/mol. The second kappa shape index (κ2) is 20.4. The molecule has 318 valence electrons. The van der Waals surface area contributed by atoms with Crippen LogP contribution >= 0.6 is 0 Å². The summed E-state index contributed by atoms with van der Waals surface area (Å²) in [4.78, 5) is 26.0. The van der Waals surface area contributed by atoms with Crippen molar-refractivity contribution in [3.05, 3.63) is 207 Å². The Balaban J connectivity index is 1.27. The molecular formula is C57H61NO4. The molecule has 0 spiro atoms. The van der Waals surface area contributed by atoms with E-state index in [1.54, 1.807) is 13.8 Å². The second-order valence-electron chi connectivity index (χ2n) is 16.9. The van der Waals surface area contributed by atoms with E-state index in [2.05, 4.69) is 181 Å². The molecule has 1 unspecified atom stereocenters. The van der Waals surface area contributed by atoms with Crippen molar-refractivity contribution in [2.75, 3.05) is 18.1 Å². The van der Waals surface area contributed by atoms with Crippen molar-refractivity contribution in [2.24, 2.45) is 0 Å². The van der Waals surface area contributed by atoms with E-state index < -0.39 is 0 Å². The maximum Gasteiger partial charge on any atom is 0.333 e. The zero-order valence-corrected chi connectivity index (χ0v) is 37.9. The van der Waals surface area contributed by atoms with Gasteiger partial charge >= 0.3 is 11.9 Å². The van der Waals surface area contributed by atoms with Gasteiger partial charge in [0.25, 0.3) is 0 Å². The Labute approximate surface area is 369 Å². The molecule has 62 heavy (non-hydrogen) atoms. The third kappa shape index (κ3) is 11.1. The zero-order valence-electron chi connectivity index (χ0n) is 37.9. The van der Waals surface area contributed by atoms with E-state index in [4.69, 9.17) is 9.47 Å². The van der Waals surface area contributed by atoms with Gasteiger partial charge in [-0.3, -0.25) is 0 Å². The van der Waals surface area contributed by atoms with Crippen molar-refractivity contribution in [2.45, 2.75) is 87.0 Å². The van der Waals surface area contributed by atoms with Gasteiger partial charge in [0.2, 0.25) is 0 Å². The number of carbonyl (C=O) groups is 2. The van der Waals surface area contributed by atoms with E-state index >= 15 is 0 Å². The average molecular weight is 824 g/mol. The van der Waals surface area contributed by atoms with E-state index in [-0.39, 0.29) is 17.9 Å². The first-order chi connectivity index (χ1) is 29.7. The van der Waals surface area contributed by atoms with Crippen molar-refractivity contribution >= 4 is 29.0 Å². The molecule has 1 atom stereocenters. The van der Waals surface area contributed by atoms with E-state index in [0.717, 1.165) is 42.7 Å². The predicted octanol–water partition coefficient (Wildman–Crippen LogP) is 14.0. The normalized spacial score (nSPS) is 11.5. The summed E-state index contributed by atoms with van der Waals surface area (Å²) in [5.74, 6) is -0.610. The van der Waals surface area contributed by atoms with Crippen molar-refractivity contribution in [1.29, 1.82) is 0 Å². The van der Waals surface area contributed by atoms with Gasteiger partial charge < -0.3 is 14.4 Å². The third-order valence-electron chi connectivity index (χ3n) is 11.9. The van der Waals surface area contributed by atoms with Crippen LogP contribution in [-0.2, 0) is 31.9 Å². The molecule has 0 aromatic heterocycles. The van der Waals surface area contributed by atoms with E-state index in [1.807, 2.05) is 0 Å². The van der Waals surface area contributed by atoms with Gasteiger partial charge in [0.1, 0.15) is 0 Å². The summed E-state index contributed by atoms with van der Waals surface area (Å²) in [6.07, 6.45) is 3.15. The summed E-state index contributed by atoms with van der Waals surface area (Å²) in [5, 5.41) is 0. The first-order valence-corrected chi connectivity index (χ1v) is 21.7. The molecule has 0 saturated carbocycles. The molecule has 0 radical (unpaired) electrons. The molecule has 0 saturated heterocycles. The molecule has 6 aromatic carbocycles. The van der Waals surface area contributed by atoms with Crippen LogP contribution < -0.4 is 4.90 Å². The van der Waals surface area contributed by atoms with Gasteiger partial charge in [-0.25, -0.2) is 9.59 Å². The molecule has 0 bridgehead atoms. The predicted molar refractivity (Wildman–Crippen MR) is 257 cm³/mol. The first kappa shape index (κ1) is 45.1. The van der Waals surface area contributed by atoms with Gasteiger partial charge in [-0.1, -0.05) is 98.1 Å². The average Bonchev–Trinajstić information content (AvgIpc) is 3.25. The molecule has 5 heteroatoms. The Bertz CT molecular complexity index is 2400. The largest absolute Gasteiger partial charge is 0.462 e. The summed E-state index contributed by atoms with van der Waals surface area (Å²) < 4.78 is 10.6. The van der Waals surface area contributed by atoms with Crippen LogP contribution in [0.25, 0.3) is 11.1 Å². The SMILES string of the molecule is C=C(C)C(=O)OCCCc1ccc(C(c2ccc(C)c(C)c2)c2ccc(-c3ccc(N(c4ccc(CCCOC(=O)C(=C)C)cc4)c4ccc(C)c(C)c4)c(C)c3)cc2C)cc1. The molecule has 0 heterocycles. The number of benzene rings is 6. The van der Waals surface area contributed by atoms with Crippen LogP contribution in [0.3, 0.4) is 0 Å². The number of aryl methyl sites for hydroxylation is 8. The van der Waals surface area contributed by atoms with Crippen molar-refractivity contribution in [1.82, 2.24) is 0 Å². The minimum absolute atomic E-state index is 0.0648. The number of anilines is 3. The fourth-order valence-corrected chi connectivity index (χ4v) is 7.87. The lowest BCUT2D eigenvalue weighted by Crippen LogP contribution is -2.12. The Morgan fingerprint density at radius 2 is 0.984 bits per heavy atom. The van der Waals surface area contributed by atoms with E-state index in [1.165, 1.54) is 72.3 Å². The number of carbonyl (C=O) groups excluding carboxylic acids is 2.